The first-order valence-corrected chi connectivity index (χ1v) is 11.0. The molecule has 1 N–H and O–H groups in total. The highest BCUT2D eigenvalue weighted by Crippen LogP contribution is 2.29. The van der Waals surface area contributed by atoms with Gasteiger partial charge in [-0.05, 0) is 55.3 Å². The maximum atomic E-state index is 10.8. The molecule has 33 heavy (non-hydrogen) atoms. The number of aliphatic hydroxyl groups excluding tert-OH is 1. The van der Waals surface area contributed by atoms with Crippen molar-refractivity contribution >= 4 is 11.0 Å². The summed E-state index contributed by atoms with van der Waals surface area (Å²) in [4.78, 5) is 4.84. The fourth-order valence-corrected chi connectivity index (χ4v) is 4.05. The normalized spacial score (nSPS) is 12.0. The first-order valence-electron chi connectivity index (χ1n) is 11.0. The Balaban J connectivity index is 1.56. The minimum absolute atomic E-state index is 0.201. The van der Waals surface area contributed by atoms with Crippen LogP contribution in [0.2, 0.25) is 0 Å². The zero-order valence-corrected chi connectivity index (χ0v) is 19.5. The molecule has 0 aliphatic carbocycles. The van der Waals surface area contributed by atoms with Gasteiger partial charge in [0.1, 0.15) is 24.3 Å². The number of imidazole rings is 1. The number of aryl methyl sites for hydroxylation is 2. The molecule has 0 saturated carbocycles. The quantitative estimate of drug-likeness (QED) is 0.404. The van der Waals surface area contributed by atoms with Gasteiger partial charge in [-0.15, -0.1) is 0 Å². The lowest BCUT2D eigenvalue weighted by Gasteiger charge is -2.17. The summed E-state index contributed by atoms with van der Waals surface area (Å²) in [5.74, 6) is 3.03. The van der Waals surface area contributed by atoms with Crippen LogP contribution in [-0.2, 0) is 13.0 Å². The van der Waals surface area contributed by atoms with Gasteiger partial charge in [0.25, 0.3) is 0 Å². The number of aromatic nitrogens is 2. The van der Waals surface area contributed by atoms with E-state index in [1.54, 1.807) is 14.2 Å². The molecule has 3 aromatic carbocycles. The summed E-state index contributed by atoms with van der Waals surface area (Å²) in [5, 5.41) is 10.8. The van der Waals surface area contributed by atoms with E-state index in [1.807, 2.05) is 61.5 Å². The van der Waals surface area contributed by atoms with Crippen LogP contribution in [0.15, 0.2) is 60.7 Å². The summed E-state index contributed by atoms with van der Waals surface area (Å²) in [6, 6.07) is 19.9. The Hall–Kier alpha value is -3.51. The lowest BCUT2D eigenvalue weighted by Crippen LogP contribution is -2.25. The van der Waals surface area contributed by atoms with E-state index in [9.17, 15) is 5.11 Å². The highest BCUT2D eigenvalue weighted by Gasteiger charge is 2.16. The third-order valence-corrected chi connectivity index (χ3v) is 5.70. The van der Waals surface area contributed by atoms with Gasteiger partial charge in [0.2, 0.25) is 0 Å². The predicted molar refractivity (Wildman–Crippen MR) is 130 cm³/mol. The molecule has 1 heterocycles. The van der Waals surface area contributed by atoms with Crippen molar-refractivity contribution in [2.24, 2.45) is 0 Å². The van der Waals surface area contributed by atoms with Crippen molar-refractivity contribution in [2.75, 3.05) is 20.8 Å². The number of methoxy groups -OCH3 is 2. The van der Waals surface area contributed by atoms with Gasteiger partial charge >= 0.3 is 0 Å². The lowest BCUT2D eigenvalue weighted by molar-refractivity contribution is 0.0924. The van der Waals surface area contributed by atoms with Crippen LogP contribution >= 0.6 is 0 Å². The van der Waals surface area contributed by atoms with Crippen LogP contribution in [-0.4, -0.2) is 41.6 Å². The molecule has 6 heteroatoms. The number of aliphatic hydroxyl groups is 1. The van der Waals surface area contributed by atoms with Crippen molar-refractivity contribution in [2.45, 2.75) is 32.9 Å². The van der Waals surface area contributed by atoms with Crippen LogP contribution in [0.4, 0.5) is 0 Å². The smallest absolute Gasteiger partial charge is 0.161 e. The van der Waals surface area contributed by atoms with E-state index in [2.05, 4.69) is 17.6 Å². The van der Waals surface area contributed by atoms with Crippen LogP contribution in [0.1, 0.15) is 22.5 Å². The Morgan fingerprint density at radius 2 is 1.67 bits per heavy atom. The molecule has 0 saturated heterocycles. The van der Waals surface area contributed by atoms with E-state index in [0.29, 0.717) is 24.5 Å². The van der Waals surface area contributed by atoms with Crippen LogP contribution in [0.25, 0.3) is 11.0 Å². The first-order chi connectivity index (χ1) is 16.0. The zero-order chi connectivity index (χ0) is 23.4. The molecule has 0 aliphatic rings. The van der Waals surface area contributed by atoms with Crippen LogP contribution in [0.5, 0.6) is 17.2 Å². The highest BCUT2D eigenvalue weighted by molar-refractivity contribution is 5.76. The van der Waals surface area contributed by atoms with Gasteiger partial charge in [-0.3, -0.25) is 0 Å². The van der Waals surface area contributed by atoms with Crippen LogP contribution < -0.4 is 14.2 Å². The van der Waals surface area contributed by atoms with E-state index < -0.39 is 6.10 Å². The van der Waals surface area contributed by atoms with E-state index in [0.717, 1.165) is 33.7 Å². The molecule has 1 aromatic heterocycles. The Kier molecular flexibility index (Phi) is 6.84. The van der Waals surface area contributed by atoms with E-state index in [4.69, 9.17) is 19.2 Å². The van der Waals surface area contributed by atoms with Crippen molar-refractivity contribution in [3.05, 3.63) is 83.2 Å². The molecular formula is C27H30N2O4. The van der Waals surface area contributed by atoms with Crippen molar-refractivity contribution in [3.63, 3.8) is 0 Å². The van der Waals surface area contributed by atoms with E-state index in [-0.39, 0.29) is 6.61 Å². The third kappa shape index (κ3) is 5.12. The fraction of sp³-hybridized carbons (Fsp3) is 0.296. The fourth-order valence-electron chi connectivity index (χ4n) is 4.05. The number of ether oxygens (including phenoxy) is 3. The Labute approximate surface area is 194 Å². The van der Waals surface area contributed by atoms with Gasteiger partial charge in [-0.1, -0.05) is 35.9 Å². The Morgan fingerprint density at radius 1 is 0.909 bits per heavy atom. The second-order valence-electron chi connectivity index (χ2n) is 8.23. The summed E-state index contributed by atoms with van der Waals surface area (Å²) in [7, 11) is 3.25. The van der Waals surface area contributed by atoms with Crippen molar-refractivity contribution in [1.82, 2.24) is 9.55 Å². The Bertz CT molecular complexity index is 1250. The second-order valence-corrected chi connectivity index (χ2v) is 8.23. The minimum atomic E-state index is -0.688. The summed E-state index contributed by atoms with van der Waals surface area (Å²) < 4.78 is 18.8. The van der Waals surface area contributed by atoms with Gasteiger partial charge in [-0.25, -0.2) is 4.98 Å². The number of rotatable bonds is 9. The van der Waals surface area contributed by atoms with Crippen LogP contribution in [0.3, 0.4) is 0 Å². The molecule has 0 bridgehead atoms. The Morgan fingerprint density at radius 3 is 2.42 bits per heavy atom. The standard InChI is InChI=1S/C27H30N2O4/c1-18-9-11-24(19(2)13-18)33-17-21(30)16-29-23-8-6-5-7-22(23)28-27(29)15-20-10-12-25(31-3)26(14-20)32-4/h5-14,21,30H,15-17H2,1-4H3. The predicted octanol–water partition coefficient (Wildman–Crippen LogP) is 4.70. The maximum absolute atomic E-state index is 10.8. The SMILES string of the molecule is COc1ccc(Cc2nc3ccccc3n2CC(O)COc2ccc(C)cc2C)cc1OC. The number of hydrogen-bond acceptors (Lipinski definition) is 5. The topological polar surface area (TPSA) is 65.7 Å². The van der Waals surface area contributed by atoms with E-state index >= 15 is 0 Å². The molecule has 0 spiro atoms. The summed E-state index contributed by atoms with van der Waals surface area (Å²) in [6.07, 6.45) is -0.0906. The average Bonchev–Trinajstić information content (AvgIpc) is 3.15. The van der Waals surface area contributed by atoms with Crippen molar-refractivity contribution < 1.29 is 19.3 Å². The highest BCUT2D eigenvalue weighted by atomic mass is 16.5. The van der Waals surface area contributed by atoms with Gasteiger partial charge in [-0.2, -0.15) is 0 Å². The number of para-hydroxylation sites is 2. The molecule has 0 radical (unpaired) electrons. The number of benzene rings is 3. The summed E-state index contributed by atoms with van der Waals surface area (Å²) in [6.45, 7) is 4.65. The first kappa shape index (κ1) is 22.7. The maximum Gasteiger partial charge on any atom is 0.161 e. The van der Waals surface area contributed by atoms with Crippen LogP contribution in [0, 0.1) is 13.8 Å². The number of nitrogens with zero attached hydrogens (tertiary/aromatic N) is 2. The molecule has 172 valence electrons. The molecule has 0 aliphatic heterocycles. The van der Waals surface area contributed by atoms with Gasteiger partial charge in [0.15, 0.2) is 11.5 Å². The molecule has 1 unspecified atom stereocenters. The molecule has 1 atom stereocenters. The number of fused-ring (bicyclic) bond motifs is 1. The largest absolute Gasteiger partial charge is 0.493 e. The van der Waals surface area contributed by atoms with E-state index in [1.165, 1.54) is 5.56 Å². The number of hydrogen-bond donors (Lipinski definition) is 1. The molecule has 0 amide bonds. The van der Waals surface area contributed by atoms with Crippen molar-refractivity contribution in [3.8, 4) is 17.2 Å². The average molecular weight is 447 g/mol. The van der Waals surface area contributed by atoms with Crippen molar-refractivity contribution in [1.29, 1.82) is 0 Å². The summed E-state index contributed by atoms with van der Waals surface area (Å²) >= 11 is 0. The van der Waals surface area contributed by atoms with Gasteiger partial charge in [0, 0.05) is 6.42 Å². The van der Waals surface area contributed by atoms with Gasteiger partial charge < -0.3 is 23.9 Å². The lowest BCUT2D eigenvalue weighted by atomic mass is 10.1. The zero-order valence-electron chi connectivity index (χ0n) is 19.5. The third-order valence-electron chi connectivity index (χ3n) is 5.70. The molecule has 4 aromatic rings. The molecule has 0 fully saturated rings. The van der Waals surface area contributed by atoms with Gasteiger partial charge in [0.05, 0.1) is 31.8 Å². The minimum Gasteiger partial charge on any atom is -0.493 e. The molecular weight excluding hydrogens is 416 g/mol. The molecule has 6 nitrogen and oxygen atoms in total. The monoisotopic (exact) mass is 446 g/mol. The second kappa shape index (κ2) is 9.96. The molecule has 4 rings (SSSR count). The summed E-state index contributed by atoms with van der Waals surface area (Å²) in [5.41, 5.74) is 5.17.